The Bertz CT molecular complexity index is 384. The fourth-order valence-corrected chi connectivity index (χ4v) is 0.944. The van der Waals surface area contributed by atoms with Crippen molar-refractivity contribution in [3.63, 3.8) is 0 Å². The second kappa shape index (κ2) is 3.63. The quantitative estimate of drug-likeness (QED) is 0.397. The van der Waals surface area contributed by atoms with Gasteiger partial charge in [-0.1, -0.05) is 0 Å². The van der Waals surface area contributed by atoms with Gasteiger partial charge >= 0.3 is 0 Å². The maximum atomic E-state index is 12.6. The average Bonchev–Trinajstić information content (AvgIpc) is 2.04. The molecule has 0 atom stereocenters. The summed E-state index contributed by atoms with van der Waals surface area (Å²) in [6.45, 7) is 6.36. The van der Waals surface area contributed by atoms with Gasteiger partial charge in [0.25, 0.3) is 5.69 Å². The predicted molar refractivity (Wildman–Crippen MR) is 43.4 cm³/mol. The molecule has 0 saturated heterocycles. The molecule has 0 aromatic heterocycles. The Morgan fingerprint density at radius 3 is 2.85 bits per heavy atom. The Balaban J connectivity index is 3.20. The summed E-state index contributed by atoms with van der Waals surface area (Å²) in [4.78, 5) is 12.7. The zero-order valence-corrected chi connectivity index (χ0v) is 6.53. The Kier molecular flexibility index (Phi) is 2.55. The van der Waals surface area contributed by atoms with E-state index in [-0.39, 0.29) is 17.8 Å². The summed E-state index contributed by atoms with van der Waals surface area (Å²) >= 11 is 0. The van der Waals surface area contributed by atoms with Crippen LogP contribution in [0, 0.1) is 22.5 Å². The zero-order chi connectivity index (χ0) is 9.84. The van der Waals surface area contributed by atoms with Crippen molar-refractivity contribution in [1.29, 1.82) is 0 Å². The first kappa shape index (κ1) is 9.13. The predicted octanol–water partition coefficient (Wildman–Crippen LogP) is 2.15. The number of nitro groups is 1. The van der Waals surface area contributed by atoms with Crippen molar-refractivity contribution in [1.82, 2.24) is 0 Å². The smallest absolute Gasteiger partial charge is 0.280 e. The van der Waals surface area contributed by atoms with Crippen LogP contribution in [0.25, 0.3) is 4.85 Å². The van der Waals surface area contributed by atoms with Gasteiger partial charge in [-0.3, -0.25) is 10.1 Å². The van der Waals surface area contributed by atoms with Crippen LogP contribution in [-0.2, 0) is 6.54 Å². The Hall–Kier alpha value is -1.96. The van der Waals surface area contributed by atoms with Crippen LogP contribution in [-0.4, -0.2) is 4.92 Å². The number of hydrogen-bond acceptors (Lipinski definition) is 2. The molecule has 4 nitrogen and oxygen atoms in total. The molecule has 0 bridgehead atoms. The standard InChI is InChI=1S/C8H5FN2O2/c1-10-5-6-4-7(9)2-3-8(6)11(12)13/h2-4H,5H2. The SMILES string of the molecule is [C-]#[N+]Cc1cc(F)ccc1[N+](=O)[O-]. The van der Waals surface area contributed by atoms with E-state index in [0.717, 1.165) is 18.2 Å². The van der Waals surface area contributed by atoms with Crippen molar-refractivity contribution >= 4 is 5.69 Å². The topological polar surface area (TPSA) is 47.5 Å². The van der Waals surface area contributed by atoms with Crippen molar-refractivity contribution in [3.8, 4) is 0 Å². The second-order valence-electron chi connectivity index (χ2n) is 2.35. The molecule has 1 aromatic rings. The van der Waals surface area contributed by atoms with Crippen molar-refractivity contribution in [2.75, 3.05) is 0 Å². The third-order valence-electron chi connectivity index (χ3n) is 1.49. The molecule has 5 heteroatoms. The third-order valence-corrected chi connectivity index (χ3v) is 1.49. The Morgan fingerprint density at radius 1 is 1.62 bits per heavy atom. The fraction of sp³-hybridized carbons (Fsp3) is 0.125. The van der Waals surface area contributed by atoms with Gasteiger partial charge in [-0.15, -0.1) is 0 Å². The molecule has 0 fully saturated rings. The van der Waals surface area contributed by atoms with Crippen molar-refractivity contribution in [2.24, 2.45) is 0 Å². The van der Waals surface area contributed by atoms with Gasteiger partial charge in [0.05, 0.1) is 4.92 Å². The van der Waals surface area contributed by atoms with Gasteiger partial charge in [-0.05, 0) is 12.1 Å². The number of hydrogen-bond donors (Lipinski definition) is 0. The second-order valence-corrected chi connectivity index (χ2v) is 2.35. The van der Waals surface area contributed by atoms with Crippen molar-refractivity contribution < 1.29 is 9.31 Å². The molecule has 66 valence electrons. The van der Waals surface area contributed by atoms with Gasteiger partial charge in [0.2, 0.25) is 6.54 Å². The van der Waals surface area contributed by atoms with Crippen LogP contribution >= 0.6 is 0 Å². The maximum Gasteiger partial charge on any atom is 0.280 e. The molecule has 0 aliphatic rings. The highest BCUT2D eigenvalue weighted by atomic mass is 19.1. The van der Waals surface area contributed by atoms with Crippen LogP contribution < -0.4 is 0 Å². The van der Waals surface area contributed by atoms with Gasteiger partial charge in [-0.25, -0.2) is 11.0 Å². The summed E-state index contributed by atoms with van der Waals surface area (Å²) < 4.78 is 12.6. The van der Waals surface area contributed by atoms with Crippen LogP contribution in [0.2, 0.25) is 0 Å². The maximum absolute atomic E-state index is 12.6. The highest BCUT2D eigenvalue weighted by Gasteiger charge is 2.15. The first-order chi connectivity index (χ1) is 6.15. The lowest BCUT2D eigenvalue weighted by Gasteiger charge is -1.95. The minimum absolute atomic E-state index is 0.111. The summed E-state index contributed by atoms with van der Waals surface area (Å²) in [5.41, 5.74) is -0.0996. The van der Waals surface area contributed by atoms with Crippen LogP contribution in [0.15, 0.2) is 18.2 Å². The molecular weight excluding hydrogens is 175 g/mol. The molecule has 1 rings (SSSR count). The first-order valence-electron chi connectivity index (χ1n) is 3.41. The molecule has 0 saturated carbocycles. The van der Waals surface area contributed by atoms with E-state index < -0.39 is 10.7 Å². The molecule has 0 aliphatic carbocycles. The number of halogens is 1. The Labute approximate surface area is 73.6 Å². The highest BCUT2D eigenvalue weighted by molar-refractivity contribution is 5.40. The van der Waals surface area contributed by atoms with Crippen molar-refractivity contribution in [2.45, 2.75) is 6.54 Å². The molecule has 0 radical (unpaired) electrons. The highest BCUT2D eigenvalue weighted by Crippen LogP contribution is 2.19. The fourth-order valence-electron chi connectivity index (χ4n) is 0.944. The lowest BCUT2D eigenvalue weighted by molar-refractivity contribution is -0.385. The molecule has 13 heavy (non-hydrogen) atoms. The van der Waals surface area contributed by atoms with E-state index in [9.17, 15) is 14.5 Å². The molecule has 0 unspecified atom stereocenters. The Morgan fingerprint density at radius 2 is 2.31 bits per heavy atom. The van der Waals surface area contributed by atoms with E-state index in [0.29, 0.717) is 0 Å². The van der Waals surface area contributed by atoms with Crippen LogP contribution in [0.5, 0.6) is 0 Å². The number of benzene rings is 1. The molecule has 0 aliphatic heterocycles. The summed E-state index contributed by atoms with van der Waals surface area (Å²) in [5.74, 6) is -0.566. The number of rotatable bonds is 2. The molecule has 0 spiro atoms. The van der Waals surface area contributed by atoms with Gasteiger partial charge in [0.1, 0.15) is 11.4 Å². The van der Waals surface area contributed by atoms with Gasteiger partial charge in [0.15, 0.2) is 0 Å². The summed E-state index contributed by atoms with van der Waals surface area (Å²) in [5, 5.41) is 10.4. The molecule has 0 heterocycles. The minimum atomic E-state index is -0.625. The number of nitrogens with zero attached hydrogens (tertiary/aromatic N) is 2. The van der Waals surface area contributed by atoms with Crippen molar-refractivity contribution in [3.05, 3.63) is 51.1 Å². The van der Waals surface area contributed by atoms with E-state index >= 15 is 0 Å². The van der Waals surface area contributed by atoms with Gasteiger partial charge in [-0.2, -0.15) is 0 Å². The molecular formula is C8H5FN2O2. The monoisotopic (exact) mass is 180 g/mol. The van der Waals surface area contributed by atoms with E-state index in [4.69, 9.17) is 6.57 Å². The van der Waals surface area contributed by atoms with Gasteiger partial charge < -0.3 is 4.85 Å². The molecule has 1 aromatic carbocycles. The minimum Gasteiger partial charge on any atom is -0.311 e. The summed E-state index contributed by atoms with van der Waals surface area (Å²) in [7, 11) is 0. The number of nitro benzene ring substituents is 1. The average molecular weight is 180 g/mol. The van der Waals surface area contributed by atoms with E-state index in [1.165, 1.54) is 0 Å². The van der Waals surface area contributed by atoms with Crippen LogP contribution in [0.1, 0.15) is 5.56 Å². The van der Waals surface area contributed by atoms with Crippen LogP contribution in [0.4, 0.5) is 10.1 Å². The van der Waals surface area contributed by atoms with E-state index in [2.05, 4.69) is 4.85 Å². The summed E-state index contributed by atoms with van der Waals surface area (Å²) in [6, 6.07) is 3.08. The summed E-state index contributed by atoms with van der Waals surface area (Å²) in [6.07, 6.45) is 0. The molecule has 0 N–H and O–H groups in total. The van der Waals surface area contributed by atoms with Crippen LogP contribution in [0.3, 0.4) is 0 Å². The largest absolute Gasteiger partial charge is 0.311 e. The molecule has 0 amide bonds. The lowest BCUT2D eigenvalue weighted by Crippen LogP contribution is -1.94. The van der Waals surface area contributed by atoms with E-state index in [1.807, 2.05) is 0 Å². The third kappa shape index (κ3) is 1.99. The first-order valence-corrected chi connectivity index (χ1v) is 3.41. The lowest BCUT2D eigenvalue weighted by atomic mass is 10.2. The van der Waals surface area contributed by atoms with E-state index in [1.54, 1.807) is 0 Å². The van der Waals surface area contributed by atoms with Gasteiger partial charge in [0, 0.05) is 6.07 Å². The normalized spacial score (nSPS) is 9.23. The zero-order valence-electron chi connectivity index (χ0n) is 6.53.